The number of anilines is 1. The number of fused-ring (bicyclic) bond motifs is 1. The molecule has 2 aromatic rings. The van der Waals surface area contributed by atoms with Crippen LogP contribution in [-0.4, -0.2) is 48.6 Å². The topological polar surface area (TPSA) is 49.9 Å². The smallest absolute Gasteiger partial charge is 0.254 e. The highest BCUT2D eigenvalue weighted by atomic mass is 16.5. The van der Waals surface area contributed by atoms with Gasteiger partial charge in [-0.25, -0.2) is 0 Å². The van der Waals surface area contributed by atoms with Crippen molar-refractivity contribution in [2.75, 3.05) is 24.6 Å². The van der Waals surface area contributed by atoms with Crippen LogP contribution in [0, 0.1) is 0 Å². The summed E-state index contributed by atoms with van der Waals surface area (Å²) < 4.78 is 5.70. The lowest BCUT2D eigenvalue weighted by Crippen LogP contribution is -2.54. The number of hydrogen-bond donors (Lipinski definition) is 0. The summed E-state index contributed by atoms with van der Waals surface area (Å²) in [5.74, 6) is -0.0782. The highest BCUT2D eigenvalue weighted by Gasteiger charge is 2.45. The number of nitrogens with zero attached hydrogens (tertiary/aromatic N) is 2. The van der Waals surface area contributed by atoms with E-state index in [9.17, 15) is 9.59 Å². The monoisotopic (exact) mass is 322 g/mol. The Morgan fingerprint density at radius 1 is 0.958 bits per heavy atom. The third-order valence-corrected chi connectivity index (χ3v) is 4.60. The van der Waals surface area contributed by atoms with Crippen molar-refractivity contribution in [3.8, 4) is 0 Å². The molecule has 2 aliphatic heterocycles. The van der Waals surface area contributed by atoms with E-state index in [1.54, 1.807) is 9.80 Å². The largest absolute Gasteiger partial charge is 0.364 e. The third kappa shape index (κ3) is 2.57. The molecule has 2 amide bonds. The van der Waals surface area contributed by atoms with Gasteiger partial charge in [0.15, 0.2) is 0 Å². The maximum Gasteiger partial charge on any atom is 0.254 e. The molecule has 0 N–H and O–H groups in total. The Bertz CT molecular complexity index is 748. The van der Waals surface area contributed by atoms with Crippen LogP contribution in [-0.2, 0) is 9.53 Å². The first kappa shape index (κ1) is 14.9. The molecule has 0 saturated carbocycles. The molecule has 5 nitrogen and oxygen atoms in total. The Morgan fingerprint density at radius 3 is 2.33 bits per heavy atom. The Morgan fingerprint density at radius 2 is 1.62 bits per heavy atom. The summed E-state index contributed by atoms with van der Waals surface area (Å²) in [5, 5.41) is 0. The summed E-state index contributed by atoms with van der Waals surface area (Å²) in [4.78, 5) is 28.6. The van der Waals surface area contributed by atoms with Gasteiger partial charge in [0.05, 0.1) is 12.1 Å². The summed E-state index contributed by atoms with van der Waals surface area (Å²) >= 11 is 0. The van der Waals surface area contributed by atoms with E-state index >= 15 is 0 Å². The number of rotatable bonds is 2. The second kappa shape index (κ2) is 6.09. The molecule has 0 radical (unpaired) electrons. The van der Waals surface area contributed by atoms with Crippen LogP contribution in [0.4, 0.5) is 5.69 Å². The van der Waals surface area contributed by atoms with Crippen LogP contribution < -0.4 is 4.90 Å². The maximum atomic E-state index is 12.7. The summed E-state index contributed by atoms with van der Waals surface area (Å²) in [6.07, 6.45) is -0.143. The van der Waals surface area contributed by atoms with Crippen molar-refractivity contribution in [3.63, 3.8) is 0 Å². The second-order valence-electron chi connectivity index (χ2n) is 6.09. The Labute approximate surface area is 140 Å². The number of carbonyl (C=O) groups excluding carboxylic acids is 2. The molecule has 0 aliphatic carbocycles. The van der Waals surface area contributed by atoms with Gasteiger partial charge in [-0.05, 0) is 24.3 Å². The number of benzene rings is 2. The van der Waals surface area contributed by atoms with Crippen LogP contribution in [0.1, 0.15) is 10.4 Å². The van der Waals surface area contributed by atoms with Crippen LogP contribution >= 0.6 is 0 Å². The Kier molecular flexibility index (Phi) is 3.78. The molecule has 5 heteroatoms. The summed E-state index contributed by atoms with van der Waals surface area (Å²) in [6.45, 7) is 1.05. The Balaban J connectivity index is 1.59. The van der Waals surface area contributed by atoms with E-state index in [4.69, 9.17) is 4.74 Å². The standard InChI is InChI=1S/C19H18N2O3/c22-18-13-24-17-12-20(19(23)14-7-3-1-4-8-14)11-16(17)21(18)15-9-5-2-6-10-15/h1-10,16-17H,11-13H2/t16-,17+/m1/s1. The van der Waals surface area contributed by atoms with Gasteiger partial charge in [0, 0.05) is 24.3 Å². The van der Waals surface area contributed by atoms with Gasteiger partial charge in [-0.15, -0.1) is 0 Å². The Hall–Kier alpha value is -2.66. The molecule has 2 heterocycles. The fourth-order valence-corrected chi connectivity index (χ4v) is 3.45. The molecule has 4 rings (SSSR count). The highest BCUT2D eigenvalue weighted by Crippen LogP contribution is 2.29. The van der Waals surface area contributed by atoms with Crippen molar-refractivity contribution in [3.05, 3.63) is 66.2 Å². The molecule has 2 atom stereocenters. The first-order valence-electron chi connectivity index (χ1n) is 8.07. The number of para-hydroxylation sites is 1. The first-order valence-corrected chi connectivity index (χ1v) is 8.07. The quantitative estimate of drug-likeness (QED) is 0.849. The van der Waals surface area contributed by atoms with E-state index in [0.29, 0.717) is 18.7 Å². The predicted molar refractivity (Wildman–Crippen MR) is 89.8 cm³/mol. The van der Waals surface area contributed by atoms with Crippen LogP contribution in [0.2, 0.25) is 0 Å². The fraction of sp³-hybridized carbons (Fsp3) is 0.263. The summed E-state index contributed by atoms with van der Waals surface area (Å²) in [5.41, 5.74) is 1.52. The number of morpholine rings is 1. The van der Waals surface area contributed by atoms with Crippen LogP contribution in [0.15, 0.2) is 60.7 Å². The lowest BCUT2D eigenvalue weighted by atomic mass is 10.1. The van der Waals surface area contributed by atoms with Crippen LogP contribution in [0.3, 0.4) is 0 Å². The van der Waals surface area contributed by atoms with Crippen molar-refractivity contribution in [2.24, 2.45) is 0 Å². The minimum absolute atomic E-state index is 0.0194. The molecular formula is C19H18N2O3. The number of carbonyl (C=O) groups is 2. The van der Waals surface area contributed by atoms with Crippen molar-refractivity contribution >= 4 is 17.5 Å². The lowest BCUT2D eigenvalue weighted by Gasteiger charge is -2.36. The molecule has 0 aromatic heterocycles. The molecular weight excluding hydrogens is 304 g/mol. The SMILES string of the molecule is O=C(c1ccccc1)N1C[C@@H]2OCC(=O)N(c3ccccc3)[C@@H]2C1. The molecule has 0 spiro atoms. The van der Waals surface area contributed by atoms with E-state index in [1.165, 1.54) is 0 Å². The van der Waals surface area contributed by atoms with E-state index in [2.05, 4.69) is 0 Å². The van der Waals surface area contributed by atoms with Gasteiger partial charge in [-0.3, -0.25) is 9.59 Å². The molecule has 24 heavy (non-hydrogen) atoms. The van der Waals surface area contributed by atoms with Crippen molar-refractivity contribution in [1.82, 2.24) is 4.90 Å². The molecule has 2 saturated heterocycles. The lowest BCUT2D eigenvalue weighted by molar-refractivity contribution is -0.130. The number of ether oxygens (including phenoxy) is 1. The van der Waals surface area contributed by atoms with E-state index in [0.717, 1.165) is 5.69 Å². The second-order valence-corrected chi connectivity index (χ2v) is 6.09. The zero-order valence-electron chi connectivity index (χ0n) is 13.2. The minimum atomic E-state index is -0.143. The summed E-state index contributed by atoms with van der Waals surface area (Å²) in [7, 11) is 0. The number of hydrogen-bond acceptors (Lipinski definition) is 3. The van der Waals surface area contributed by atoms with Crippen molar-refractivity contribution in [2.45, 2.75) is 12.1 Å². The maximum absolute atomic E-state index is 12.7. The van der Waals surface area contributed by atoms with E-state index < -0.39 is 0 Å². The van der Waals surface area contributed by atoms with Crippen LogP contribution in [0.5, 0.6) is 0 Å². The minimum Gasteiger partial charge on any atom is -0.364 e. The molecule has 2 aliphatic rings. The number of amides is 2. The average molecular weight is 322 g/mol. The van der Waals surface area contributed by atoms with Gasteiger partial charge >= 0.3 is 0 Å². The van der Waals surface area contributed by atoms with Gasteiger partial charge < -0.3 is 14.5 Å². The average Bonchev–Trinajstić information content (AvgIpc) is 3.06. The first-order chi connectivity index (χ1) is 11.7. The third-order valence-electron chi connectivity index (χ3n) is 4.60. The normalized spacial score (nSPS) is 23.2. The zero-order chi connectivity index (χ0) is 16.5. The molecule has 0 unspecified atom stereocenters. The fourth-order valence-electron chi connectivity index (χ4n) is 3.45. The predicted octanol–water partition coefficient (Wildman–Crippen LogP) is 1.94. The molecule has 2 fully saturated rings. The summed E-state index contributed by atoms with van der Waals surface area (Å²) in [6, 6.07) is 18.7. The van der Waals surface area contributed by atoms with Gasteiger partial charge in [0.25, 0.3) is 11.8 Å². The van der Waals surface area contributed by atoms with Gasteiger partial charge in [-0.2, -0.15) is 0 Å². The highest BCUT2D eigenvalue weighted by molar-refractivity contribution is 5.97. The molecule has 0 bridgehead atoms. The van der Waals surface area contributed by atoms with E-state index in [-0.39, 0.29) is 30.6 Å². The van der Waals surface area contributed by atoms with Gasteiger partial charge in [0.2, 0.25) is 0 Å². The molecule has 2 aromatic carbocycles. The van der Waals surface area contributed by atoms with E-state index in [1.807, 2.05) is 60.7 Å². The zero-order valence-corrected chi connectivity index (χ0v) is 13.2. The van der Waals surface area contributed by atoms with Crippen molar-refractivity contribution in [1.29, 1.82) is 0 Å². The van der Waals surface area contributed by atoms with Gasteiger partial charge in [0.1, 0.15) is 6.61 Å². The van der Waals surface area contributed by atoms with Gasteiger partial charge in [-0.1, -0.05) is 36.4 Å². The molecule has 122 valence electrons. The number of likely N-dealkylation sites (tertiary alicyclic amines) is 1. The van der Waals surface area contributed by atoms with Crippen molar-refractivity contribution < 1.29 is 14.3 Å². The van der Waals surface area contributed by atoms with Crippen LogP contribution in [0.25, 0.3) is 0 Å².